The third kappa shape index (κ3) is 1.79. The summed E-state index contributed by atoms with van der Waals surface area (Å²) in [6.07, 6.45) is 3.37. The molecule has 4 nitrogen and oxygen atoms in total. The molecule has 0 fully saturated rings. The van der Waals surface area contributed by atoms with E-state index in [1.54, 1.807) is 12.5 Å². The molecule has 0 amide bonds. The quantitative estimate of drug-likeness (QED) is 0.823. The Morgan fingerprint density at radius 2 is 2.25 bits per heavy atom. The van der Waals surface area contributed by atoms with Crippen LogP contribution in [0.3, 0.4) is 0 Å². The van der Waals surface area contributed by atoms with Gasteiger partial charge in [-0.05, 0) is 37.7 Å². The average Bonchev–Trinajstić information content (AvgIpc) is 2.77. The van der Waals surface area contributed by atoms with E-state index in [4.69, 9.17) is 10.2 Å². The SMILES string of the molecule is CNC(c1ccco1)c1c(C)ccnc1N. The van der Waals surface area contributed by atoms with Gasteiger partial charge in [-0.2, -0.15) is 0 Å². The van der Waals surface area contributed by atoms with Crippen molar-refractivity contribution in [3.05, 3.63) is 47.5 Å². The van der Waals surface area contributed by atoms with Gasteiger partial charge in [-0.3, -0.25) is 0 Å². The van der Waals surface area contributed by atoms with Gasteiger partial charge < -0.3 is 15.5 Å². The number of anilines is 1. The van der Waals surface area contributed by atoms with Crippen LogP contribution in [0.5, 0.6) is 0 Å². The number of nitrogens with one attached hydrogen (secondary N) is 1. The molecule has 3 N–H and O–H groups in total. The molecule has 0 radical (unpaired) electrons. The zero-order valence-electron chi connectivity index (χ0n) is 9.40. The maximum absolute atomic E-state index is 5.91. The highest BCUT2D eigenvalue weighted by Crippen LogP contribution is 2.28. The summed E-state index contributed by atoms with van der Waals surface area (Å²) in [5, 5.41) is 3.19. The number of furan rings is 1. The Labute approximate surface area is 94.5 Å². The summed E-state index contributed by atoms with van der Waals surface area (Å²) < 4.78 is 5.41. The van der Waals surface area contributed by atoms with E-state index in [1.165, 1.54) is 0 Å². The molecule has 2 heterocycles. The summed E-state index contributed by atoms with van der Waals surface area (Å²) in [5.41, 5.74) is 7.98. The van der Waals surface area contributed by atoms with Crippen LogP contribution in [-0.2, 0) is 0 Å². The lowest BCUT2D eigenvalue weighted by atomic mass is 10.0. The summed E-state index contributed by atoms with van der Waals surface area (Å²) in [6, 6.07) is 5.68. The van der Waals surface area contributed by atoms with Crippen LogP contribution < -0.4 is 11.1 Å². The van der Waals surface area contributed by atoms with Gasteiger partial charge in [-0.1, -0.05) is 0 Å². The second-order valence-corrected chi connectivity index (χ2v) is 3.66. The van der Waals surface area contributed by atoms with Crippen molar-refractivity contribution in [2.24, 2.45) is 0 Å². The van der Waals surface area contributed by atoms with Crippen molar-refractivity contribution in [3.63, 3.8) is 0 Å². The van der Waals surface area contributed by atoms with E-state index < -0.39 is 0 Å². The number of hydrogen-bond donors (Lipinski definition) is 2. The second-order valence-electron chi connectivity index (χ2n) is 3.66. The van der Waals surface area contributed by atoms with Gasteiger partial charge in [-0.15, -0.1) is 0 Å². The molecule has 2 rings (SSSR count). The zero-order valence-corrected chi connectivity index (χ0v) is 9.40. The third-order valence-corrected chi connectivity index (χ3v) is 2.64. The molecule has 2 aromatic heterocycles. The minimum absolute atomic E-state index is 0.0521. The first-order valence-electron chi connectivity index (χ1n) is 5.15. The minimum atomic E-state index is -0.0521. The van der Waals surface area contributed by atoms with Crippen molar-refractivity contribution in [2.45, 2.75) is 13.0 Å². The number of nitrogen functional groups attached to an aromatic ring is 1. The maximum atomic E-state index is 5.91. The van der Waals surface area contributed by atoms with Crippen molar-refractivity contribution in [1.82, 2.24) is 10.3 Å². The Morgan fingerprint density at radius 3 is 2.81 bits per heavy atom. The Balaban J connectivity index is 2.49. The van der Waals surface area contributed by atoms with Gasteiger partial charge in [0.15, 0.2) is 0 Å². The lowest BCUT2D eigenvalue weighted by Crippen LogP contribution is -2.20. The molecule has 16 heavy (non-hydrogen) atoms. The van der Waals surface area contributed by atoms with E-state index in [-0.39, 0.29) is 6.04 Å². The highest BCUT2D eigenvalue weighted by molar-refractivity contribution is 5.48. The largest absolute Gasteiger partial charge is 0.467 e. The number of pyridine rings is 1. The first-order chi connectivity index (χ1) is 7.74. The van der Waals surface area contributed by atoms with Gasteiger partial charge in [0.1, 0.15) is 11.6 Å². The predicted molar refractivity (Wildman–Crippen MR) is 63.0 cm³/mol. The predicted octanol–water partition coefficient (Wildman–Crippen LogP) is 1.87. The summed E-state index contributed by atoms with van der Waals surface area (Å²) in [5.74, 6) is 1.38. The molecule has 0 saturated heterocycles. The number of nitrogens with two attached hydrogens (primary N) is 1. The molecule has 1 unspecified atom stereocenters. The van der Waals surface area contributed by atoms with Crippen molar-refractivity contribution < 1.29 is 4.42 Å². The van der Waals surface area contributed by atoms with E-state index in [1.807, 2.05) is 32.2 Å². The average molecular weight is 217 g/mol. The topological polar surface area (TPSA) is 64.1 Å². The fourth-order valence-corrected chi connectivity index (χ4v) is 1.85. The smallest absolute Gasteiger partial charge is 0.128 e. The fourth-order valence-electron chi connectivity index (χ4n) is 1.85. The normalized spacial score (nSPS) is 12.6. The van der Waals surface area contributed by atoms with Gasteiger partial charge in [-0.25, -0.2) is 4.98 Å². The maximum Gasteiger partial charge on any atom is 0.128 e. The number of hydrogen-bond acceptors (Lipinski definition) is 4. The van der Waals surface area contributed by atoms with Crippen LogP contribution in [0, 0.1) is 6.92 Å². The highest BCUT2D eigenvalue weighted by Gasteiger charge is 2.19. The molecular weight excluding hydrogens is 202 g/mol. The Bertz CT molecular complexity index is 445. The minimum Gasteiger partial charge on any atom is -0.467 e. The number of rotatable bonds is 3. The molecule has 84 valence electrons. The molecule has 0 aliphatic carbocycles. The van der Waals surface area contributed by atoms with Crippen molar-refractivity contribution in [2.75, 3.05) is 12.8 Å². The van der Waals surface area contributed by atoms with E-state index >= 15 is 0 Å². The van der Waals surface area contributed by atoms with Crippen LogP contribution in [0.25, 0.3) is 0 Å². The van der Waals surface area contributed by atoms with E-state index in [0.717, 1.165) is 16.9 Å². The summed E-state index contributed by atoms with van der Waals surface area (Å²) in [4.78, 5) is 4.11. The zero-order chi connectivity index (χ0) is 11.5. The van der Waals surface area contributed by atoms with Gasteiger partial charge in [0.05, 0.1) is 12.3 Å². The van der Waals surface area contributed by atoms with Gasteiger partial charge in [0, 0.05) is 11.8 Å². The molecule has 0 aliphatic rings. The first-order valence-corrected chi connectivity index (χ1v) is 5.15. The Hall–Kier alpha value is -1.81. The summed E-state index contributed by atoms with van der Waals surface area (Å²) >= 11 is 0. The molecule has 0 bridgehead atoms. The monoisotopic (exact) mass is 217 g/mol. The van der Waals surface area contributed by atoms with Crippen LogP contribution in [0.1, 0.15) is 22.9 Å². The fraction of sp³-hybridized carbons (Fsp3) is 0.250. The van der Waals surface area contributed by atoms with E-state index in [0.29, 0.717) is 5.82 Å². The lowest BCUT2D eigenvalue weighted by Gasteiger charge is -2.17. The van der Waals surface area contributed by atoms with Crippen molar-refractivity contribution >= 4 is 5.82 Å². The summed E-state index contributed by atoms with van der Waals surface area (Å²) in [6.45, 7) is 2.01. The molecule has 2 aromatic rings. The lowest BCUT2D eigenvalue weighted by molar-refractivity contribution is 0.462. The highest BCUT2D eigenvalue weighted by atomic mass is 16.3. The van der Waals surface area contributed by atoms with Crippen molar-refractivity contribution in [1.29, 1.82) is 0 Å². The van der Waals surface area contributed by atoms with Gasteiger partial charge in [0.2, 0.25) is 0 Å². The second kappa shape index (κ2) is 4.37. The molecule has 4 heteroatoms. The van der Waals surface area contributed by atoms with Crippen LogP contribution in [-0.4, -0.2) is 12.0 Å². The van der Waals surface area contributed by atoms with Crippen LogP contribution >= 0.6 is 0 Å². The van der Waals surface area contributed by atoms with Gasteiger partial charge >= 0.3 is 0 Å². The molecule has 1 atom stereocenters. The van der Waals surface area contributed by atoms with Crippen molar-refractivity contribution in [3.8, 4) is 0 Å². The van der Waals surface area contributed by atoms with Crippen LogP contribution in [0.4, 0.5) is 5.82 Å². The van der Waals surface area contributed by atoms with Crippen LogP contribution in [0.15, 0.2) is 35.1 Å². The molecule has 0 saturated carbocycles. The molecular formula is C12H15N3O. The molecule has 0 aromatic carbocycles. The van der Waals surface area contributed by atoms with E-state index in [9.17, 15) is 0 Å². The number of aryl methyl sites for hydroxylation is 1. The Morgan fingerprint density at radius 1 is 1.44 bits per heavy atom. The third-order valence-electron chi connectivity index (χ3n) is 2.64. The first kappa shape index (κ1) is 10.7. The van der Waals surface area contributed by atoms with Crippen LogP contribution in [0.2, 0.25) is 0 Å². The Kier molecular flexibility index (Phi) is 2.92. The van der Waals surface area contributed by atoms with E-state index in [2.05, 4.69) is 10.3 Å². The number of nitrogens with zero attached hydrogens (tertiary/aromatic N) is 1. The summed E-state index contributed by atoms with van der Waals surface area (Å²) in [7, 11) is 1.87. The van der Waals surface area contributed by atoms with Gasteiger partial charge in [0.25, 0.3) is 0 Å². The molecule has 0 spiro atoms. The standard InChI is InChI=1S/C12H15N3O/c1-8-5-6-15-12(13)10(8)11(14-2)9-4-3-7-16-9/h3-7,11,14H,1-2H3,(H2,13,15). The molecule has 0 aliphatic heterocycles. The number of aromatic nitrogens is 1.